The normalized spacial score (nSPS) is 10.2. The van der Waals surface area contributed by atoms with Crippen molar-refractivity contribution in [2.24, 2.45) is 0 Å². The molecular formula is C16H20N2O. The number of rotatable bonds is 5. The van der Waals surface area contributed by atoms with Crippen molar-refractivity contribution in [2.75, 3.05) is 24.7 Å². The molecule has 0 aliphatic heterocycles. The van der Waals surface area contributed by atoms with Crippen molar-refractivity contribution in [2.45, 2.75) is 13.3 Å². The van der Waals surface area contributed by atoms with Crippen molar-refractivity contribution in [3.05, 3.63) is 53.6 Å². The molecule has 3 N–H and O–H groups in total. The summed E-state index contributed by atoms with van der Waals surface area (Å²) in [5.41, 5.74) is 10.2. The van der Waals surface area contributed by atoms with Gasteiger partial charge in [0.2, 0.25) is 0 Å². The fourth-order valence-electron chi connectivity index (χ4n) is 1.96. The van der Waals surface area contributed by atoms with Gasteiger partial charge in [0.1, 0.15) is 5.75 Å². The fraction of sp³-hybridized carbons (Fsp3) is 0.250. The van der Waals surface area contributed by atoms with Crippen LogP contribution in [0.4, 0.5) is 11.4 Å². The van der Waals surface area contributed by atoms with E-state index in [9.17, 15) is 0 Å². The van der Waals surface area contributed by atoms with Crippen molar-refractivity contribution in [1.82, 2.24) is 0 Å². The molecule has 2 aromatic carbocycles. The summed E-state index contributed by atoms with van der Waals surface area (Å²) >= 11 is 0. The maximum Gasteiger partial charge on any atom is 0.118 e. The zero-order valence-corrected chi connectivity index (χ0v) is 11.4. The first kappa shape index (κ1) is 13.3. The van der Waals surface area contributed by atoms with E-state index in [1.807, 2.05) is 24.3 Å². The Balaban J connectivity index is 1.90. The average Bonchev–Trinajstić information content (AvgIpc) is 2.43. The number of nitrogens with one attached hydrogen (secondary N) is 1. The summed E-state index contributed by atoms with van der Waals surface area (Å²) < 4.78 is 5.14. The minimum Gasteiger partial charge on any atom is -0.497 e. The van der Waals surface area contributed by atoms with Gasteiger partial charge in [-0.2, -0.15) is 0 Å². The zero-order chi connectivity index (χ0) is 13.7. The summed E-state index contributed by atoms with van der Waals surface area (Å²) in [6.07, 6.45) is 0.956. The molecule has 3 heteroatoms. The molecule has 0 atom stereocenters. The predicted molar refractivity (Wildman–Crippen MR) is 80.8 cm³/mol. The van der Waals surface area contributed by atoms with E-state index in [0.717, 1.165) is 30.1 Å². The Bertz CT molecular complexity index is 535. The van der Waals surface area contributed by atoms with Crippen LogP contribution in [0, 0.1) is 6.92 Å². The Morgan fingerprint density at radius 1 is 1.11 bits per heavy atom. The summed E-state index contributed by atoms with van der Waals surface area (Å²) in [6, 6.07) is 14.2. The molecule has 0 saturated heterocycles. The van der Waals surface area contributed by atoms with Crippen LogP contribution in [0.15, 0.2) is 42.5 Å². The van der Waals surface area contributed by atoms with E-state index in [1.54, 1.807) is 7.11 Å². The molecule has 2 rings (SSSR count). The van der Waals surface area contributed by atoms with Crippen molar-refractivity contribution < 1.29 is 4.74 Å². The Morgan fingerprint density at radius 3 is 2.53 bits per heavy atom. The summed E-state index contributed by atoms with van der Waals surface area (Å²) in [7, 11) is 1.68. The molecular weight excluding hydrogens is 236 g/mol. The SMILES string of the molecule is COc1ccc(CCNc2cc(C)ccc2N)cc1. The van der Waals surface area contributed by atoms with Gasteiger partial charge in [0.05, 0.1) is 18.5 Å². The molecule has 0 aromatic heterocycles. The van der Waals surface area contributed by atoms with Crippen LogP contribution >= 0.6 is 0 Å². The highest BCUT2D eigenvalue weighted by Gasteiger charge is 1.99. The zero-order valence-electron chi connectivity index (χ0n) is 11.4. The standard InChI is InChI=1S/C16H20N2O/c1-12-3-8-15(17)16(11-12)18-10-9-13-4-6-14(19-2)7-5-13/h3-8,11,18H,9-10,17H2,1-2H3. The minimum atomic E-state index is 0.792. The van der Waals surface area contributed by atoms with Gasteiger partial charge in [-0.25, -0.2) is 0 Å². The smallest absolute Gasteiger partial charge is 0.118 e. The number of ether oxygens (including phenoxy) is 1. The monoisotopic (exact) mass is 256 g/mol. The molecule has 0 heterocycles. The lowest BCUT2D eigenvalue weighted by atomic mass is 10.1. The van der Waals surface area contributed by atoms with E-state index in [-0.39, 0.29) is 0 Å². The highest BCUT2D eigenvalue weighted by atomic mass is 16.5. The molecule has 0 unspecified atom stereocenters. The largest absolute Gasteiger partial charge is 0.497 e. The second kappa shape index (κ2) is 6.14. The molecule has 0 amide bonds. The maximum absolute atomic E-state index is 5.93. The van der Waals surface area contributed by atoms with Crippen LogP contribution in [0.2, 0.25) is 0 Å². The van der Waals surface area contributed by atoms with E-state index in [0.29, 0.717) is 0 Å². The van der Waals surface area contributed by atoms with Gasteiger partial charge in [-0.3, -0.25) is 0 Å². The number of hydrogen-bond donors (Lipinski definition) is 2. The average molecular weight is 256 g/mol. The number of benzene rings is 2. The first-order valence-corrected chi connectivity index (χ1v) is 6.42. The number of aryl methyl sites for hydroxylation is 1. The van der Waals surface area contributed by atoms with Gasteiger partial charge < -0.3 is 15.8 Å². The van der Waals surface area contributed by atoms with Crippen LogP contribution < -0.4 is 15.8 Å². The van der Waals surface area contributed by atoms with E-state index >= 15 is 0 Å². The van der Waals surface area contributed by atoms with Crippen molar-refractivity contribution in [3.8, 4) is 5.75 Å². The van der Waals surface area contributed by atoms with Crippen LogP contribution in [0.3, 0.4) is 0 Å². The van der Waals surface area contributed by atoms with E-state index in [2.05, 4.69) is 30.4 Å². The number of nitrogens with two attached hydrogens (primary N) is 1. The fourth-order valence-corrected chi connectivity index (χ4v) is 1.96. The van der Waals surface area contributed by atoms with Gasteiger partial charge in [0.25, 0.3) is 0 Å². The molecule has 0 radical (unpaired) electrons. The molecule has 0 fully saturated rings. The number of hydrogen-bond acceptors (Lipinski definition) is 3. The van der Waals surface area contributed by atoms with Gasteiger partial charge in [-0.05, 0) is 48.7 Å². The number of anilines is 2. The van der Waals surface area contributed by atoms with Crippen LogP contribution in [-0.4, -0.2) is 13.7 Å². The van der Waals surface area contributed by atoms with Crippen LogP contribution in [-0.2, 0) is 6.42 Å². The second-order valence-electron chi connectivity index (χ2n) is 4.62. The van der Waals surface area contributed by atoms with Crippen molar-refractivity contribution in [1.29, 1.82) is 0 Å². The van der Waals surface area contributed by atoms with Crippen LogP contribution in [0.1, 0.15) is 11.1 Å². The quantitative estimate of drug-likeness (QED) is 0.807. The van der Waals surface area contributed by atoms with Crippen molar-refractivity contribution in [3.63, 3.8) is 0 Å². The molecule has 0 saturated carbocycles. The Hall–Kier alpha value is -2.16. The van der Waals surface area contributed by atoms with E-state index in [1.165, 1.54) is 11.1 Å². The highest BCUT2D eigenvalue weighted by Crippen LogP contribution is 2.19. The number of nitrogen functional groups attached to an aromatic ring is 1. The van der Waals surface area contributed by atoms with E-state index < -0.39 is 0 Å². The molecule has 0 aliphatic rings. The summed E-state index contributed by atoms with van der Waals surface area (Å²) in [5.74, 6) is 0.889. The van der Waals surface area contributed by atoms with E-state index in [4.69, 9.17) is 10.5 Å². The van der Waals surface area contributed by atoms with Gasteiger partial charge in [-0.15, -0.1) is 0 Å². The molecule has 2 aromatic rings. The third kappa shape index (κ3) is 3.65. The summed E-state index contributed by atoms with van der Waals surface area (Å²) in [4.78, 5) is 0. The first-order valence-electron chi connectivity index (χ1n) is 6.42. The third-order valence-electron chi connectivity index (χ3n) is 3.10. The molecule has 0 spiro atoms. The molecule has 0 bridgehead atoms. The maximum atomic E-state index is 5.93. The van der Waals surface area contributed by atoms with Gasteiger partial charge in [0.15, 0.2) is 0 Å². The lowest BCUT2D eigenvalue weighted by Gasteiger charge is -2.10. The summed E-state index contributed by atoms with van der Waals surface area (Å²) in [6.45, 7) is 2.92. The second-order valence-corrected chi connectivity index (χ2v) is 4.62. The first-order chi connectivity index (χ1) is 9.19. The van der Waals surface area contributed by atoms with Crippen LogP contribution in [0.5, 0.6) is 5.75 Å². The third-order valence-corrected chi connectivity index (χ3v) is 3.10. The number of methoxy groups -OCH3 is 1. The van der Waals surface area contributed by atoms with Gasteiger partial charge in [0, 0.05) is 6.54 Å². The Kier molecular flexibility index (Phi) is 4.29. The topological polar surface area (TPSA) is 47.3 Å². The van der Waals surface area contributed by atoms with Gasteiger partial charge >= 0.3 is 0 Å². The molecule has 19 heavy (non-hydrogen) atoms. The lowest BCUT2D eigenvalue weighted by molar-refractivity contribution is 0.414. The Labute approximate surface area is 114 Å². The predicted octanol–water partition coefficient (Wildman–Crippen LogP) is 3.24. The Morgan fingerprint density at radius 2 is 1.84 bits per heavy atom. The van der Waals surface area contributed by atoms with Gasteiger partial charge in [-0.1, -0.05) is 18.2 Å². The molecule has 0 aliphatic carbocycles. The highest BCUT2D eigenvalue weighted by molar-refractivity contribution is 5.66. The lowest BCUT2D eigenvalue weighted by Crippen LogP contribution is -2.07. The van der Waals surface area contributed by atoms with Crippen LogP contribution in [0.25, 0.3) is 0 Å². The molecule has 100 valence electrons. The van der Waals surface area contributed by atoms with Crippen molar-refractivity contribution >= 4 is 11.4 Å². The summed E-state index contributed by atoms with van der Waals surface area (Å²) in [5, 5.41) is 3.37. The molecule has 3 nitrogen and oxygen atoms in total. The minimum absolute atomic E-state index is 0.792.